The van der Waals surface area contributed by atoms with Crippen molar-refractivity contribution in [1.82, 2.24) is 0 Å². The van der Waals surface area contributed by atoms with Crippen molar-refractivity contribution in [3.63, 3.8) is 0 Å². The second-order valence-electron chi connectivity index (χ2n) is 7.01. The monoisotopic (exact) mass is 567 g/mol. The fourth-order valence-corrected chi connectivity index (χ4v) is 4.34. The highest BCUT2D eigenvalue weighted by Gasteiger charge is 2.14. The first-order valence-electron chi connectivity index (χ1n) is 9.82. The zero-order chi connectivity index (χ0) is 23.8. The topological polar surface area (TPSA) is 91.2 Å². The number of amides is 2. The number of nitriles is 1. The van der Waals surface area contributed by atoms with Crippen LogP contribution in [0.1, 0.15) is 11.1 Å². The molecular weight excluding hydrogens is 550 g/mol. The number of ether oxygens (including phenoxy) is 1. The number of nitrogens with zero attached hydrogens (tertiary/aromatic N) is 1. The van der Waals surface area contributed by atoms with E-state index in [9.17, 15) is 14.9 Å². The lowest BCUT2D eigenvalue weighted by Gasteiger charge is -2.12. The third-order valence-electron chi connectivity index (χ3n) is 4.38. The fourth-order valence-electron chi connectivity index (χ4n) is 2.89. The van der Waals surface area contributed by atoms with E-state index in [0.29, 0.717) is 31.6 Å². The molecule has 0 saturated carbocycles. The number of benzene rings is 3. The number of halogens is 2. The van der Waals surface area contributed by atoms with Gasteiger partial charge < -0.3 is 15.4 Å². The zero-order valence-electron chi connectivity index (χ0n) is 17.6. The number of hydrogen-bond donors (Lipinski definition) is 2. The Morgan fingerprint density at radius 1 is 0.970 bits per heavy atom. The summed E-state index contributed by atoms with van der Waals surface area (Å²) in [5, 5.41) is 15.0. The fraction of sp³-hybridized carbons (Fsp3) is 0.0800. The molecule has 2 N–H and O–H groups in total. The number of para-hydroxylation sites is 1. The highest BCUT2D eigenvalue weighted by molar-refractivity contribution is 9.11. The molecule has 0 heterocycles. The predicted molar refractivity (Wildman–Crippen MR) is 136 cm³/mol. The Bertz CT molecular complexity index is 1230. The summed E-state index contributed by atoms with van der Waals surface area (Å²) in [5.41, 5.74) is 2.84. The molecule has 8 heteroatoms. The number of anilines is 2. The summed E-state index contributed by atoms with van der Waals surface area (Å²) < 4.78 is 6.78. The first-order chi connectivity index (χ1) is 15.9. The van der Waals surface area contributed by atoms with E-state index in [-0.39, 0.29) is 18.1 Å². The maximum absolute atomic E-state index is 12.5. The van der Waals surface area contributed by atoms with Crippen LogP contribution < -0.4 is 15.4 Å². The molecule has 3 rings (SSSR count). The van der Waals surface area contributed by atoms with Gasteiger partial charge in [-0.3, -0.25) is 9.59 Å². The van der Waals surface area contributed by atoms with Crippen molar-refractivity contribution >= 4 is 61.1 Å². The normalized spacial score (nSPS) is 10.8. The van der Waals surface area contributed by atoms with Crippen LogP contribution in [0.25, 0.3) is 6.08 Å². The van der Waals surface area contributed by atoms with Crippen LogP contribution in [0.4, 0.5) is 11.4 Å². The van der Waals surface area contributed by atoms with Crippen LogP contribution in [-0.2, 0) is 9.59 Å². The number of carbonyl (C=O) groups excluding carboxylic acids is 2. The molecule has 0 aliphatic heterocycles. The van der Waals surface area contributed by atoms with E-state index in [1.54, 1.807) is 30.3 Å². The Morgan fingerprint density at radius 2 is 1.64 bits per heavy atom. The molecule has 2 amide bonds. The number of hydrogen-bond acceptors (Lipinski definition) is 4. The van der Waals surface area contributed by atoms with Gasteiger partial charge in [-0.05, 0) is 92.4 Å². The van der Waals surface area contributed by atoms with Crippen LogP contribution in [0.2, 0.25) is 0 Å². The molecule has 0 fully saturated rings. The van der Waals surface area contributed by atoms with Crippen molar-refractivity contribution in [2.45, 2.75) is 6.92 Å². The van der Waals surface area contributed by atoms with Gasteiger partial charge in [-0.1, -0.05) is 30.3 Å². The van der Waals surface area contributed by atoms with Gasteiger partial charge >= 0.3 is 0 Å². The van der Waals surface area contributed by atoms with Crippen molar-refractivity contribution in [3.05, 3.63) is 92.4 Å². The van der Waals surface area contributed by atoms with Crippen molar-refractivity contribution in [2.24, 2.45) is 0 Å². The minimum Gasteiger partial charge on any atom is -0.481 e. The Kier molecular flexibility index (Phi) is 8.41. The maximum Gasteiger partial charge on any atom is 0.266 e. The molecular formula is C25H19Br2N3O3. The molecule has 33 heavy (non-hydrogen) atoms. The second kappa shape index (κ2) is 11.5. The van der Waals surface area contributed by atoms with E-state index < -0.39 is 5.91 Å². The van der Waals surface area contributed by atoms with E-state index in [2.05, 4.69) is 42.5 Å². The SMILES string of the molecule is Cc1cccc(NC(=O)/C(C#N)=C/c2cc(Br)c(OCC(=O)Nc3ccccc3)c(Br)c2)c1. The molecule has 0 spiro atoms. The summed E-state index contributed by atoms with van der Waals surface area (Å²) in [6.45, 7) is 1.73. The standard InChI is InChI=1S/C25H19Br2N3O3/c1-16-6-5-9-20(10-16)30-25(32)18(14-28)11-17-12-21(26)24(22(27)13-17)33-15-23(31)29-19-7-3-2-4-8-19/h2-13H,15H2,1H3,(H,29,31)(H,30,32)/b18-11+. The summed E-state index contributed by atoms with van der Waals surface area (Å²) >= 11 is 6.85. The summed E-state index contributed by atoms with van der Waals surface area (Å²) in [5.74, 6) is -0.380. The molecule has 0 radical (unpaired) electrons. The zero-order valence-corrected chi connectivity index (χ0v) is 20.7. The maximum atomic E-state index is 12.5. The molecule has 0 unspecified atom stereocenters. The molecule has 0 bridgehead atoms. The van der Waals surface area contributed by atoms with E-state index in [1.165, 1.54) is 6.08 Å². The molecule has 0 saturated heterocycles. The first kappa shape index (κ1) is 24.2. The number of carbonyl (C=O) groups is 2. The largest absolute Gasteiger partial charge is 0.481 e. The summed E-state index contributed by atoms with van der Waals surface area (Å²) in [6.07, 6.45) is 1.48. The lowest BCUT2D eigenvalue weighted by atomic mass is 10.1. The highest BCUT2D eigenvalue weighted by Crippen LogP contribution is 2.35. The third-order valence-corrected chi connectivity index (χ3v) is 5.56. The lowest BCUT2D eigenvalue weighted by molar-refractivity contribution is -0.118. The van der Waals surface area contributed by atoms with Gasteiger partial charge in [0.2, 0.25) is 0 Å². The Morgan fingerprint density at radius 3 is 2.27 bits per heavy atom. The average Bonchev–Trinajstić information content (AvgIpc) is 2.77. The van der Waals surface area contributed by atoms with E-state index in [1.807, 2.05) is 49.4 Å². The summed E-state index contributed by atoms with van der Waals surface area (Å²) in [6, 6.07) is 21.7. The van der Waals surface area contributed by atoms with Gasteiger partial charge in [0.1, 0.15) is 17.4 Å². The van der Waals surface area contributed by atoms with Gasteiger partial charge in [-0.15, -0.1) is 0 Å². The third kappa shape index (κ3) is 7.04. The number of rotatable bonds is 7. The van der Waals surface area contributed by atoms with Crippen LogP contribution in [0.3, 0.4) is 0 Å². The average molecular weight is 569 g/mol. The summed E-state index contributed by atoms with van der Waals surface area (Å²) in [7, 11) is 0. The minimum absolute atomic E-state index is 0.0498. The van der Waals surface area contributed by atoms with E-state index >= 15 is 0 Å². The van der Waals surface area contributed by atoms with Crippen LogP contribution >= 0.6 is 31.9 Å². The second-order valence-corrected chi connectivity index (χ2v) is 8.72. The van der Waals surface area contributed by atoms with Gasteiger partial charge in [-0.25, -0.2) is 0 Å². The van der Waals surface area contributed by atoms with Crippen LogP contribution in [-0.4, -0.2) is 18.4 Å². The van der Waals surface area contributed by atoms with Crippen molar-refractivity contribution in [1.29, 1.82) is 5.26 Å². The minimum atomic E-state index is -0.506. The Balaban J connectivity index is 1.70. The van der Waals surface area contributed by atoms with Gasteiger partial charge in [-0.2, -0.15) is 5.26 Å². The van der Waals surface area contributed by atoms with Gasteiger partial charge in [0.25, 0.3) is 11.8 Å². The van der Waals surface area contributed by atoms with Crippen LogP contribution in [0, 0.1) is 18.3 Å². The molecule has 6 nitrogen and oxygen atoms in total. The van der Waals surface area contributed by atoms with Crippen molar-refractivity contribution < 1.29 is 14.3 Å². The summed E-state index contributed by atoms with van der Waals surface area (Å²) in [4.78, 5) is 24.7. The van der Waals surface area contributed by atoms with E-state index in [0.717, 1.165) is 5.56 Å². The first-order valence-corrected chi connectivity index (χ1v) is 11.4. The molecule has 166 valence electrons. The molecule has 0 aliphatic carbocycles. The molecule has 3 aromatic rings. The predicted octanol–water partition coefficient (Wildman–Crippen LogP) is 6.08. The van der Waals surface area contributed by atoms with Gasteiger partial charge in [0.15, 0.2) is 6.61 Å². The molecule has 3 aromatic carbocycles. The molecule has 0 atom stereocenters. The molecule has 0 aliphatic rings. The van der Waals surface area contributed by atoms with E-state index in [4.69, 9.17) is 4.74 Å². The highest BCUT2D eigenvalue weighted by atomic mass is 79.9. The van der Waals surface area contributed by atoms with Gasteiger partial charge in [0.05, 0.1) is 8.95 Å². The van der Waals surface area contributed by atoms with Crippen LogP contribution in [0.15, 0.2) is 81.2 Å². The van der Waals surface area contributed by atoms with Crippen LogP contribution in [0.5, 0.6) is 5.75 Å². The van der Waals surface area contributed by atoms with Crippen molar-refractivity contribution in [2.75, 3.05) is 17.2 Å². The lowest BCUT2D eigenvalue weighted by Crippen LogP contribution is -2.20. The number of nitrogens with one attached hydrogen (secondary N) is 2. The Labute approximate surface area is 208 Å². The quantitative estimate of drug-likeness (QED) is 0.267. The van der Waals surface area contributed by atoms with Crippen molar-refractivity contribution in [3.8, 4) is 11.8 Å². The smallest absolute Gasteiger partial charge is 0.266 e. The van der Waals surface area contributed by atoms with Gasteiger partial charge in [0, 0.05) is 11.4 Å². The Hall–Kier alpha value is -3.41. The number of aryl methyl sites for hydroxylation is 1. The molecule has 0 aromatic heterocycles.